The van der Waals surface area contributed by atoms with Crippen molar-refractivity contribution in [2.24, 2.45) is 4.99 Å². The van der Waals surface area contributed by atoms with Crippen molar-refractivity contribution in [1.29, 1.82) is 0 Å². The standard InChI is InChI=1S/C16H21ClN4O2S2.HI/c1-18-16(21(2)12-13-5-7-14(17)8-6-13)19-9-10-20-25(22,23)15-4-3-11-24-15;/h3-8,11,20H,9-10,12H2,1-2H3,(H,18,19);1H. The van der Waals surface area contributed by atoms with Crippen LogP contribution in [0.25, 0.3) is 0 Å². The number of aliphatic imine (C=N–C) groups is 1. The molecule has 0 atom stereocenters. The van der Waals surface area contributed by atoms with Gasteiger partial charge in [0, 0.05) is 38.8 Å². The number of hydrogen-bond acceptors (Lipinski definition) is 4. The molecule has 2 aromatic rings. The van der Waals surface area contributed by atoms with Crippen LogP contribution in [-0.2, 0) is 16.6 Å². The molecular formula is C16H22ClIN4O2S2. The van der Waals surface area contributed by atoms with Gasteiger partial charge in [0.1, 0.15) is 4.21 Å². The van der Waals surface area contributed by atoms with Crippen LogP contribution in [0.3, 0.4) is 0 Å². The van der Waals surface area contributed by atoms with Crippen molar-refractivity contribution < 1.29 is 8.42 Å². The third kappa shape index (κ3) is 7.03. The van der Waals surface area contributed by atoms with Crippen molar-refractivity contribution >= 4 is 62.9 Å². The minimum Gasteiger partial charge on any atom is -0.355 e. The van der Waals surface area contributed by atoms with Gasteiger partial charge in [-0.15, -0.1) is 35.3 Å². The lowest BCUT2D eigenvalue weighted by Crippen LogP contribution is -2.42. The second-order valence-corrected chi connectivity index (χ2v) is 8.66. The lowest BCUT2D eigenvalue weighted by atomic mass is 10.2. The number of sulfonamides is 1. The Labute approximate surface area is 180 Å². The van der Waals surface area contributed by atoms with E-state index in [1.54, 1.807) is 24.6 Å². The fourth-order valence-electron chi connectivity index (χ4n) is 2.17. The predicted octanol–water partition coefficient (Wildman–Crippen LogP) is 3.01. The number of thiophene rings is 1. The third-order valence-corrected chi connectivity index (χ3v) is 6.48. The molecule has 0 aliphatic carbocycles. The van der Waals surface area contributed by atoms with Crippen molar-refractivity contribution in [3.8, 4) is 0 Å². The number of guanidine groups is 1. The zero-order valence-electron chi connectivity index (χ0n) is 14.5. The number of rotatable bonds is 7. The minimum absolute atomic E-state index is 0. The summed E-state index contributed by atoms with van der Waals surface area (Å²) in [5.41, 5.74) is 1.10. The van der Waals surface area contributed by atoms with Crippen molar-refractivity contribution in [2.75, 3.05) is 27.2 Å². The van der Waals surface area contributed by atoms with E-state index in [4.69, 9.17) is 11.6 Å². The van der Waals surface area contributed by atoms with Gasteiger partial charge in [0.2, 0.25) is 10.0 Å². The molecule has 0 amide bonds. The van der Waals surface area contributed by atoms with Gasteiger partial charge in [0.15, 0.2) is 5.96 Å². The van der Waals surface area contributed by atoms with E-state index < -0.39 is 10.0 Å². The van der Waals surface area contributed by atoms with Crippen LogP contribution in [0, 0.1) is 0 Å². The summed E-state index contributed by atoms with van der Waals surface area (Å²) in [7, 11) is 0.175. The molecule has 2 N–H and O–H groups in total. The molecule has 1 aromatic carbocycles. The van der Waals surface area contributed by atoms with E-state index in [0.717, 1.165) is 5.56 Å². The normalized spacial score (nSPS) is 11.7. The SMILES string of the molecule is CN=C(NCCNS(=O)(=O)c1cccs1)N(C)Cc1ccc(Cl)cc1.I. The molecule has 0 fully saturated rings. The molecule has 0 saturated carbocycles. The fourth-order valence-corrected chi connectivity index (χ4v) is 4.37. The summed E-state index contributed by atoms with van der Waals surface area (Å²) in [6, 6.07) is 10.9. The van der Waals surface area contributed by atoms with Crippen molar-refractivity contribution in [3.05, 3.63) is 52.4 Å². The summed E-state index contributed by atoms with van der Waals surface area (Å²) in [6.45, 7) is 1.37. The Kier molecular flexibility index (Phi) is 9.86. The van der Waals surface area contributed by atoms with Crippen LogP contribution in [-0.4, -0.2) is 46.5 Å². The molecule has 0 saturated heterocycles. The largest absolute Gasteiger partial charge is 0.355 e. The van der Waals surface area contributed by atoms with E-state index in [0.29, 0.717) is 28.3 Å². The monoisotopic (exact) mass is 528 g/mol. The average molecular weight is 529 g/mol. The van der Waals surface area contributed by atoms with Gasteiger partial charge in [0.05, 0.1) is 0 Å². The van der Waals surface area contributed by atoms with Crippen molar-refractivity contribution in [3.63, 3.8) is 0 Å². The summed E-state index contributed by atoms with van der Waals surface area (Å²) >= 11 is 7.08. The van der Waals surface area contributed by atoms with Crippen LogP contribution in [0.2, 0.25) is 5.02 Å². The van der Waals surface area contributed by atoms with Gasteiger partial charge in [-0.3, -0.25) is 4.99 Å². The number of nitrogens with zero attached hydrogens (tertiary/aromatic N) is 2. The lowest BCUT2D eigenvalue weighted by Gasteiger charge is -2.22. The topological polar surface area (TPSA) is 73.8 Å². The van der Waals surface area contributed by atoms with Gasteiger partial charge in [-0.05, 0) is 29.1 Å². The van der Waals surface area contributed by atoms with E-state index in [2.05, 4.69) is 15.0 Å². The summed E-state index contributed by atoms with van der Waals surface area (Å²) in [5.74, 6) is 0.685. The highest BCUT2D eigenvalue weighted by Gasteiger charge is 2.14. The second-order valence-electron chi connectivity index (χ2n) is 5.29. The van der Waals surface area contributed by atoms with Crippen molar-refractivity contribution in [2.45, 2.75) is 10.8 Å². The minimum atomic E-state index is -3.43. The Bertz CT molecular complexity index is 796. The van der Waals surface area contributed by atoms with Crippen LogP contribution < -0.4 is 10.0 Å². The fraction of sp³-hybridized carbons (Fsp3) is 0.312. The molecule has 0 radical (unpaired) electrons. The van der Waals surface area contributed by atoms with Crippen molar-refractivity contribution in [1.82, 2.24) is 14.9 Å². The molecule has 0 spiro atoms. The Hall–Kier alpha value is -0.880. The van der Waals surface area contributed by atoms with Crippen LogP contribution >= 0.6 is 46.9 Å². The number of nitrogens with one attached hydrogen (secondary N) is 2. The van der Waals surface area contributed by atoms with Gasteiger partial charge in [-0.25, -0.2) is 13.1 Å². The maximum absolute atomic E-state index is 12.0. The first-order valence-electron chi connectivity index (χ1n) is 7.62. The maximum atomic E-state index is 12.0. The van der Waals surface area contributed by atoms with E-state index in [-0.39, 0.29) is 30.5 Å². The Morgan fingerprint density at radius 1 is 1.23 bits per heavy atom. The molecule has 10 heteroatoms. The van der Waals surface area contributed by atoms with E-state index in [9.17, 15) is 8.42 Å². The molecule has 1 aromatic heterocycles. The highest BCUT2D eigenvalue weighted by molar-refractivity contribution is 14.0. The Morgan fingerprint density at radius 2 is 1.92 bits per heavy atom. The lowest BCUT2D eigenvalue weighted by molar-refractivity contribution is 0.477. The summed E-state index contributed by atoms with van der Waals surface area (Å²) in [5, 5.41) is 5.58. The average Bonchev–Trinajstić information content (AvgIpc) is 3.12. The third-order valence-electron chi connectivity index (χ3n) is 3.37. The van der Waals surface area contributed by atoms with Gasteiger partial charge >= 0.3 is 0 Å². The highest BCUT2D eigenvalue weighted by Crippen LogP contribution is 2.14. The molecule has 0 bridgehead atoms. The summed E-state index contributed by atoms with van der Waals surface area (Å²) < 4.78 is 26.9. The quantitative estimate of drug-likeness (QED) is 0.251. The van der Waals surface area contributed by atoms with E-state index in [1.807, 2.05) is 36.2 Å². The molecule has 0 aliphatic rings. The zero-order chi connectivity index (χ0) is 18.3. The molecule has 26 heavy (non-hydrogen) atoms. The predicted molar refractivity (Wildman–Crippen MR) is 119 cm³/mol. The van der Waals surface area contributed by atoms with E-state index >= 15 is 0 Å². The van der Waals surface area contributed by atoms with Gasteiger partial charge in [0.25, 0.3) is 0 Å². The van der Waals surface area contributed by atoms with Gasteiger partial charge in [-0.1, -0.05) is 29.8 Å². The van der Waals surface area contributed by atoms with Gasteiger partial charge in [-0.2, -0.15) is 0 Å². The van der Waals surface area contributed by atoms with Gasteiger partial charge < -0.3 is 10.2 Å². The smallest absolute Gasteiger partial charge is 0.250 e. The molecule has 2 rings (SSSR count). The second kappa shape index (κ2) is 11.1. The molecular weight excluding hydrogens is 507 g/mol. The number of hydrogen-bond donors (Lipinski definition) is 2. The zero-order valence-corrected chi connectivity index (χ0v) is 19.2. The summed E-state index contributed by atoms with van der Waals surface area (Å²) in [6.07, 6.45) is 0. The Morgan fingerprint density at radius 3 is 2.50 bits per heavy atom. The first-order valence-corrected chi connectivity index (χ1v) is 10.4. The molecule has 0 aliphatic heterocycles. The number of benzene rings is 1. The molecule has 0 unspecified atom stereocenters. The molecule has 144 valence electrons. The Balaban J connectivity index is 0.00000338. The molecule has 6 nitrogen and oxygen atoms in total. The summed E-state index contributed by atoms with van der Waals surface area (Å²) in [4.78, 5) is 6.17. The number of halogens is 2. The van der Waals surface area contributed by atoms with Crippen LogP contribution in [0.4, 0.5) is 0 Å². The first kappa shape index (κ1) is 23.2. The van der Waals surface area contributed by atoms with Crippen LogP contribution in [0.1, 0.15) is 5.56 Å². The highest BCUT2D eigenvalue weighted by atomic mass is 127. The first-order chi connectivity index (χ1) is 11.9. The van der Waals surface area contributed by atoms with Crippen LogP contribution in [0.15, 0.2) is 51.0 Å². The maximum Gasteiger partial charge on any atom is 0.250 e. The molecule has 1 heterocycles. The van der Waals surface area contributed by atoms with Crippen LogP contribution in [0.5, 0.6) is 0 Å². The van der Waals surface area contributed by atoms with E-state index in [1.165, 1.54) is 11.3 Å².